The second kappa shape index (κ2) is 6.49. The van der Waals surface area contributed by atoms with Gasteiger partial charge in [0.15, 0.2) is 0 Å². The summed E-state index contributed by atoms with van der Waals surface area (Å²) in [7, 11) is 1.49. The highest BCUT2D eigenvalue weighted by Gasteiger charge is 2.37. The van der Waals surface area contributed by atoms with Gasteiger partial charge in [0.25, 0.3) is 11.8 Å². The molecule has 2 aromatic rings. The molecule has 1 aromatic carbocycles. The maximum Gasteiger partial charge on any atom is 0.277 e. The maximum atomic E-state index is 12.4. The molecule has 0 unspecified atom stereocenters. The quantitative estimate of drug-likeness (QED) is 0.847. The van der Waals surface area contributed by atoms with E-state index >= 15 is 0 Å². The first-order valence-electron chi connectivity index (χ1n) is 7.61. The summed E-state index contributed by atoms with van der Waals surface area (Å²) in [6.07, 6.45) is 0.0969. The Morgan fingerprint density at radius 3 is 2.38 bits per heavy atom. The summed E-state index contributed by atoms with van der Waals surface area (Å²) in [5.74, 6) is 0.143. The van der Waals surface area contributed by atoms with E-state index in [1.807, 2.05) is 55.6 Å². The van der Waals surface area contributed by atoms with E-state index in [-0.39, 0.29) is 17.9 Å². The van der Waals surface area contributed by atoms with Crippen molar-refractivity contribution in [3.05, 3.63) is 52.4 Å². The minimum absolute atomic E-state index is 0.0969. The minimum atomic E-state index is -0.328. The number of benzene rings is 1. The SMILES string of the molecule is CC(C)Oc1ccc(NC2=C(c3cccs3)C(=O)N(C)C2=O)cc1. The van der Waals surface area contributed by atoms with Crippen LogP contribution in [0.15, 0.2) is 47.5 Å². The first-order chi connectivity index (χ1) is 11.5. The number of ether oxygens (including phenoxy) is 1. The van der Waals surface area contributed by atoms with E-state index in [4.69, 9.17) is 4.74 Å². The summed E-state index contributed by atoms with van der Waals surface area (Å²) >= 11 is 1.43. The van der Waals surface area contributed by atoms with E-state index < -0.39 is 0 Å². The second-order valence-electron chi connectivity index (χ2n) is 5.71. The molecule has 1 aliphatic rings. The molecule has 24 heavy (non-hydrogen) atoms. The number of carbonyl (C=O) groups is 2. The third-order valence-electron chi connectivity index (χ3n) is 3.55. The van der Waals surface area contributed by atoms with Gasteiger partial charge in [-0.1, -0.05) is 6.07 Å². The van der Waals surface area contributed by atoms with Crippen LogP contribution in [-0.4, -0.2) is 29.9 Å². The van der Waals surface area contributed by atoms with Gasteiger partial charge in [0.2, 0.25) is 0 Å². The van der Waals surface area contributed by atoms with Crippen LogP contribution >= 0.6 is 11.3 Å². The van der Waals surface area contributed by atoms with Crippen LogP contribution in [0.2, 0.25) is 0 Å². The number of carbonyl (C=O) groups excluding carboxylic acids is 2. The van der Waals surface area contributed by atoms with Crippen molar-refractivity contribution in [1.82, 2.24) is 4.90 Å². The van der Waals surface area contributed by atoms with Crippen molar-refractivity contribution in [2.45, 2.75) is 20.0 Å². The Morgan fingerprint density at radius 1 is 1.08 bits per heavy atom. The number of hydrogen-bond donors (Lipinski definition) is 1. The third kappa shape index (κ3) is 3.05. The number of amides is 2. The molecule has 0 saturated carbocycles. The number of thiophene rings is 1. The van der Waals surface area contributed by atoms with Crippen LogP contribution < -0.4 is 10.1 Å². The predicted molar refractivity (Wildman–Crippen MR) is 94.8 cm³/mol. The smallest absolute Gasteiger partial charge is 0.277 e. The topological polar surface area (TPSA) is 58.6 Å². The average Bonchev–Trinajstić information content (AvgIpc) is 3.13. The molecule has 2 heterocycles. The number of hydrogen-bond acceptors (Lipinski definition) is 5. The van der Waals surface area contributed by atoms with Crippen molar-refractivity contribution in [3.8, 4) is 5.75 Å². The molecule has 1 N–H and O–H groups in total. The number of nitrogens with zero attached hydrogens (tertiary/aromatic N) is 1. The Hall–Kier alpha value is -2.60. The van der Waals surface area contributed by atoms with Crippen LogP contribution in [0.25, 0.3) is 5.57 Å². The zero-order chi connectivity index (χ0) is 17.3. The van der Waals surface area contributed by atoms with Crippen LogP contribution in [0, 0.1) is 0 Å². The lowest BCUT2D eigenvalue weighted by molar-refractivity contribution is -0.135. The van der Waals surface area contributed by atoms with Gasteiger partial charge in [-0.3, -0.25) is 14.5 Å². The third-order valence-corrected chi connectivity index (χ3v) is 4.44. The summed E-state index contributed by atoms with van der Waals surface area (Å²) in [5, 5.41) is 4.97. The molecule has 1 aromatic heterocycles. The number of imide groups is 1. The van der Waals surface area contributed by atoms with E-state index in [1.54, 1.807) is 0 Å². The van der Waals surface area contributed by atoms with Crippen molar-refractivity contribution in [3.63, 3.8) is 0 Å². The summed E-state index contributed by atoms with van der Waals surface area (Å²) in [6, 6.07) is 11.0. The Kier molecular flexibility index (Phi) is 4.40. The van der Waals surface area contributed by atoms with Crippen LogP contribution in [0.4, 0.5) is 5.69 Å². The number of rotatable bonds is 5. The molecule has 6 heteroatoms. The highest BCUT2D eigenvalue weighted by Crippen LogP contribution is 2.32. The highest BCUT2D eigenvalue weighted by atomic mass is 32.1. The number of likely N-dealkylation sites (N-methyl/N-ethyl adjacent to an activating group) is 1. The van der Waals surface area contributed by atoms with Gasteiger partial charge in [-0.15, -0.1) is 11.3 Å². The van der Waals surface area contributed by atoms with Gasteiger partial charge in [-0.25, -0.2) is 0 Å². The molecule has 3 rings (SSSR count). The van der Waals surface area contributed by atoms with Gasteiger partial charge in [-0.05, 0) is 49.6 Å². The largest absolute Gasteiger partial charge is 0.491 e. The number of nitrogens with one attached hydrogen (secondary N) is 1. The van der Waals surface area contributed by atoms with Crippen molar-refractivity contribution < 1.29 is 14.3 Å². The normalized spacial score (nSPS) is 14.8. The van der Waals surface area contributed by atoms with Crippen LogP contribution in [0.1, 0.15) is 18.7 Å². The zero-order valence-electron chi connectivity index (χ0n) is 13.7. The molecule has 0 saturated heterocycles. The predicted octanol–water partition coefficient (Wildman–Crippen LogP) is 3.36. The van der Waals surface area contributed by atoms with E-state index in [9.17, 15) is 9.59 Å². The van der Waals surface area contributed by atoms with Gasteiger partial charge in [0.05, 0.1) is 11.7 Å². The van der Waals surface area contributed by atoms with Gasteiger partial charge in [0, 0.05) is 17.6 Å². The van der Waals surface area contributed by atoms with Gasteiger partial charge >= 0.3 is 0 Å². The minimum Gasteiger partial charge on any atom is -0.491 e. The highest BCUT2D eigenvalue weighted by molar-refractivity contribution is 7.11. The fourth-order valence-electron chi connectivity index (χ4n) is 2.44. The van der Waals surface area contributed by atoms with E-state index in [2.05, 4.69) is 5.32 Å². The Balaban J connectivity index is 1.91. The Labute approximate surface area is 144 Å². The molecule has 0 spiro atoms. The lowest BCUT2D eigenvalue weighted by atomic mass is 10.2. The molecule has 0 radical (unpaired) electrons. The van der Waals surface area contributed by atoms with Crippen LogP contribution in [-0.2, 0) is 9.59 Å². The van der Waals surface area contributed by atoms with Gasteiger partial charge in [0.1, 0.15) is 11.4 Å². The summed E-state index contributed by atoms with van der Waals surface area (Å²) in [6.45, 7) is 3.92. The zero-order valence-corrected chi connectivity index (χ0v) is 14.5. The van der Waals surface area contributed by atoms with E-state index in [0.717, 1.165) is 21.2 Å². The summed E-state index contributed by atoms with van der Waals surface area (Å²) in [5.41, 5.74) is 1.45. The molecule has 5 nitrogen and oxygen atoms in total. The fourth-order valence-corrected chi connectivity index (χ4v) is 3.21. The Bertz CT molecular complexity index is 792. The molecule has 0 fully saturated rings. The van der Waals surface area contributed by atoms with Gasteiger partial charge < -0.3 is 10.1 Å². The monoisotopic (exact) mass is 342 g/mol. The molecule has 124 valence electrons. The van der Waals surface area contributed by atoms with Crippen molar-refractivity contribution in [2.24, 2.45) is 0 Å². The average molecular weight is 342 g/mol. The van der Waals surface area contributed by atoms with Crippen molar-refractivity contribution >= 4 is 34.4 Å². The molecule has 0 atom stereocenters. The first kappa shape index (κ1) is 16.3. The Morgan fingerprint density at radius 2 is 1.79 bits per heavy atom. The molecular formula is C18H18N2O3S. The molecular weight excluding hydrogens is 324 g/mol. The first-order valence-corrected chi connectivity index (χ1v) is 8.49. The van der Waals surface area contributed by atoms with E-state index in [1.165, 1.54) is 18.4 Å². The molecule has 0 bridgehead atoms. The fraction of sp³-hybridized carbons (Fsp3) is 0.222. The lowest BCUT2D eigenvalue weighted by Gasteiger charge is -2.12. The molecule has 1 aliphatic heterocycles. The summed E-state index contributed by atoms with van der Waals surface area (Å²) in [4.78, 5) is 26.7. The summed E-state index contributed by atoms with van der Waals surface area (Å²) < 4.78 is 5.61. The molecule has 0 aliphatic carbocycles. The van der Waals surface area contributed by atoms with E-state index in [0.29, 0.717) is 11.3 Å². The molecule has 2 amide bonds. The van der Waals surface area contributed by atoms with Gasteiger partial charge in [-0.2, -0.15) is 0 Å². The lowest BCUT2D eigenvalue weighted by Crippen LogP contribution is -2.27. The van der Waals surface area contributed by atoms with Crippen LogP contribution in [0.3, 0.4) is 0 Å². The van der Waals surface area contributed by atoms with Crippen LogP contribution in [0.5, 0.6) is 5.75 Å². The van der Waals surface area contributed by atoms with Crippen molar-refractivity contribution in [1.29, 1.82) is 0 Å². The standard InChI is InChI=1S/C18H18N2O3S/c1-11(2)23-13-8-6-12(7-9-13)19-16-15(14-5-4-10-24-14)17(21)20(3)18(16)22/h4-11,19H,1-3H3. The maximum absolute atomic E-state index is 12.4. The van der Waals surface area contributed by atoms with Crippen molar-refractivity contribution in [2.75, 3.05) is 12.4 Å². The number of anilines is 1. The second-order valence-corrected chi connectivity index (χ2v) is 6.66.